The van der Waals surface area contributed by atoms with Gasteiger partial charge in [0.2, 0.25) is 5.91 Å². The van der Waals surface area contributed by atoms with Crippen molar-refractivity contribution >= 4 is 41.0 Å². The second-order valence-electron chi connectivity index (χ2n) is 8.01. The lowest BCUT2D eigenvalue weighted by Gasteiger charge is -2.09. The number of hydrogen-bond acceptors (Lipinski definition) is 6. The molecule has 0 radical (unpaired) electrons. The monoisotopic (exact) mass is 523 g/mol. The zero-order chi connectivity index (χ0) is 26.6. The van der Waals surface area contributed by atoms with Crippen LogP contribution in [-0.2, 0) is 19.1 Å². The molecule has 9 nitrogen and oxygen atoms in total. The molecule has 0 saturated carbocycles. The zero-order valence-corrected chi connectivity index (χ0v) is 20.8. The highest BCUT2D eigenvalue weighted by molar-refractivity contribution is 6.30. The van der Waals surface area contributed by atoms with Gasteiger partial charge in [-0.25, -0.2) is 0 Å². The molecule has 3 amide bonds. The second kappa shape index (κ2) is 13.6. The van der Waals surface area contributed by atoms with Crippen molar-refractivity contribution in [3.05, 3.63) is 88.9 Å². The number of carbonyl (C=O) groups excluding carboxylic acids is 4. The fourth-order valence-corrected chi connectivity index (χ4v) is 3.22. The summed E-state index contributed by atoms with van der Waals surface area (Å²) in [6.07, 6.45) is 0.301. The fraction of sp³-hybridized carbons (Fsp3) is 0.185. The molecule has 0 unspecified atom stereocenters. The molecule has 3 aromatic rings. The van der Waals surface area contributed by atoms with Gasteiger partial charge in [-0.3, -0.25) is 30.0 Å². The van der Waals surface area contributed by atoms with Crippen LogP contribution in [0, 0.1) is 6.92 Å². The average molecular weight is 524 g/mol. The Morgan fingerprint density at radius 3 is 2.24 bits per heavy atom. The van der Waals surface area contributed by atoms with E-state index in [0.717, 1.165) is 11.3 Å². The van der Waals surface area contributed by atoms with Gasteiger partial charge in [-0.1, -0.05) is 23.7 Å². The van der Waals surface area contributed by atoms with Gasteiger partial charge in [-0.15, -0.1) is 0 Å². The SMILES string of the molecule is Cc1cccc(Oc2ccc(NC(=O)CCCC(=O)OCC(=O)NNC(=O)c3ccc(Cl)cc3)cc2)c1. The minimum atomic E-state index is -0.705. The number of aryl methyl sites for hydroxylation is 1. The molecule has 0 aliphatic rings. The van der Waals surface area contributed by atoms with Gasteiger partial charge in [-0.05, 0) is 79.6 Å². The highest BCUT2D eigenvalue weighted by atomic mass is 35.5. The number of nitrogens with one attached hydrogen (secondary N) is 3. The van der Waals surface area contributed by atoms with Crippen molar-refractivity contribution in [2.75, 3.05) is 11.9 Å². The zero-order valence-electron chi connectivity index (χ0n) is 20.1. The van der Waals surface area contributed by atoms with Crippen LogP contribution in [-0.4, -0.2) is 30.3 Å². The first-order valence-electron chi connectivity index (χ1n) is 11.4. The number of hydrogen-bond donors (Lipinski definition) is 3. The minimum absolute atomic E-state index is 0.0406. The maximum atomic E-state index is 12.2. The molecule has 3 rings (SSSR count). The summed E-state index contributed by atoms with van der Waals surface area (Å²) in [6.45, 7) is 1.41. The molecular weight excluding hydrogens is 498 g/mol. The van der Waals surface area contributed by atoms with Crippen molar-refractivity contribution in [2.45, 2.75) is 26.2 Å². The van der Waals surface area contributed by atoms with Crippen LogP contribution < -0.4 is 20.9 Å². The summed E-state index contributed by atoms with van der Waals surface area (Å²) in [7, 11) is 0. The van der Waals surface area contributed by atoms with Crippen LogP contribution in [0.25, 0.3) is 0 Å². The summed E-state index contributed by atoms with van der Waals surface area (Å²) in [5.41, 5.74) is 6.34. The normalized spacial score (nSPS) is 10.2. The standard InChI is InChI=1S/C27H26ClN3O6/c1-18-4-2-5-23(16-18)37-22-14-12-21(13-15-22)29-24(32)6-3-7-26(34)36-17-25(33)30-31-27(35)19-8-10-20(28)11-9-19/h2,4-5,8-16H,3,6-7,17H2,1H3,(H,29,32)(H,30,33)(H,31,35). The highest BCUT2D eigenvalue weighted by Crippen LogP contribution is 2.23. The Balaban J connectivity index is 1.29. The second-order valence-corrected chi connectivity index (χ2v) is 8.45. The lowest BCUT2D eigenvalue weighted by Crippen LogP contribution is -2.43. The van der Waals surface area contributed by atoms with E-state index in [1.165, 1.54) is 12.1 Å². The number of carbonyl (C=O) groups is 4. The molecule has 192 valence electrons. The van der Waals surface area contributed by atoms with Crippen LogP contribution >= 0.6 is 11.6 Å². The number of esters is 1. The number of hydrazine groups is 1. The summed E-state index contributed by atoms with van der Waals surface area (Å²) < 4.78 is 10.6. The van der Waals surface area contributed by atoms with Crippen LogP contribution in [0.2, 0.25) is 5.02 Å². The lowest BCUT2D eigenvalue weighted by molar-refractivity contribution is -0.148. The highest BCUT2D eigenvalue weighted by Gasteiger charge is 2.11. The summed E-state index contributed by atoms with van der Waals surface area (Å²) in [6, 6.07) is 20.7. The van der Waals surface area contributed by atoms with Crippen molar-refractivity contribution < 1.29 is 28.7 Å². The van der Waals surface area contributed by atoms with Crippen molar-refractivity contribution in [3.8, 4) is 11.5 Å². The number of halogens is 1. The number of ether oxygens (including phenoxy) is 2. The van der Waals surface area contributed by atoms with Gasteiger partial charge in [-0.2, -0.15) is 0 Å². The molecule has 0 aliphatic heterocycles. The average Bonchev–Trinajstić information content (AvgIpc) is 2.87. The Kier molecular flexibility index (Phi) is 10.0. The maximum absolute atomic E-state index is 12.2. The molecule has 10 heteroatoms. The predicted molar refractivity (Wildman–Crippen MR) is 138 cm³/mol. The Bertz CT molecular complexity index is 1250. The molecule has 3 N–H and O–H groups in total. The third kappa shape index (κ3) is 9.65. The largest absolute Gasteiger partial charge is 0.457 e. The molecule has 0 aliphatic carbocycles. The predicted octanol–water partition coefficient (Wildman–Crippen LogP) is 4.55. The number of amides is 3. The summed E-state index contributed by atoms with van der Waals surface area (Å²) in [5, 5.41) is 3.23. The number of rotatable bonds is 10. The van der Waals surface area contributed by atoms with Crippen LogP contribution in [0.1, 0.15) is 35.2 Å². The van der Waals surface area contributed by atoms with E-state index in [0.29, 0.717) is 22.0 Å². The molecule has 3 aromatic carbocycles. The Labute approximate surface area is 219 Å². The van der Waals surface area contributed by atoms with Crippen molar-refractivity contribution in [1.29, 1.82) is 0 Å². The Morgan fingerprint density at radius 1 is 0.811 bits per heavy atom. The van der Waals surface area contributed by atoms with Crippen LogP contribution in [0.15, 0.2) is 72.8 Å². The summed E-state index contributed by atoms with van der Waals surface area (Å²) >= 11 is 5.76. The number of anilines is 1. The van der Waals surface area contributed by atoms with Crippen molar-refractivity contribution in [1.82, 2.24) is 10.9 Å². The first-order valence-corrected chi connectivity index (χ1v) is 11.8. The van der Waals surface area contributed by atoms with E-state index in [2.05, 4.69) is 16.2 Å². The van der Waals surface area contributed by atoms with E-state index in [1.54, 1.807) is 36.4 Å². The van der Waals surface area contributed by atoms with E-state index in [-0.39, 0.29) is 25.2 Å². The van der Waals surface area contributed by atoms with Gasteiger partial charge in [0, 0.05) is 29.1 Å². The first kappa shape index (κ1) is 27.2. The van der Waals surface area contributed by atoms with E-state index in [9.17, 15) is 19.2 Å². The minimum Gasteiger partial charge on any atom is -0.457 e. The van der Waals surface area contributed by atoms with Crippen molar-refractivity contribution in [2.24, 2.45) is 0 Å². The van der Waals surface area contributed by atoms with Crippen molar-refractivity contribution in [3.63, 3.8) is 0 Å². The third-order valence-corrected chi connectivity index (χ3v) is 5.19. The van der Waals surface area contributed by atoms with Crippen LogP contribution in [0.5, 0.6) is 11.5 Å². The molecule has 0 bridgehead atoms. The molecule has 0 atom stereocenters. The molecule has 0 heterocycles. The molecule has 37 heavy (non-hydrogen) atoms. The third-order valence-electron chi connectivity index (χ3n) is 4.93. The quantitative estimate of drug-likeness (QED) is 0.264. The van der Waals surface area contributed by atoms with Gasteiger partial charge in [0.1, 0.15) is 11.5 Å². The maximum Gasteiger partial charge on any atom is 0.306 e. The van der Waals surface area contributed by atoms with Gasteiger partial charge in [0.15, 0.2) is 6.61 Å². The van der Waals surface area contributed by atoms with Gasteiger partial charge in [0.05, 0.1) is 0 Å². The van der Waals surface area contributed by atoms with E-state index >= 15 is 0 Å². The van der Waals surface area contributed by atoms with Crippen LogP contribution in [0.3, 0.4) is 0 Å². The fourth-order valence-electron chi connectivity index (χ4n) is 3.09. The molecule has 0 saturated heterocycles. The lowest BCUT2D eigenvalue weighted by atomic mass is 10.2. The summed E-state index contributed by atoms with van der Waals surface area (Å²) in [5.74, 6) is -0.782. The van der Waals surface area contributed by atoms with E-state index in [4.69, 9.17) is 21.1 Å². The molecule has 0 spiro atoms. The van der Waals surface area contributed by atoms with Crippen LogP contribution in [0.4, 0.5) is 5.69 Å². The Morgan fingerprint density at radius 2 is 1.54 bits per heavy atom. The van der Waals surface area contributed by atoms with E-state index in [1.807, 2.05) is 31.2 Å². The van der Waals surface area contributed by atoms with Gasteiger partial charge in [0.25, 0.3) is 11.8 Å². The molecule has 0 fully saturated rings. The van der Waals surface area contributed by atoms with Gasteiger partial charge < -0.3 is 14.8 Å². The van der Waals surface area contributed by atoms with Gasteiger partial charge >= 0.3 is 5.97 Å². The topological polar surface area (TPSA) is 123 Å². The Hall–Kier alpha value is -4.37. The molecule has 0 aromatic heterocycles. The first-order chi connectivity index (χ1) is 17.8. The molecular formula is C27H26ClN3O6. The van der Waals surface area contributed by atoms with E-state index < -0.39 is 24.4 Å². The number of benzene rings is 3. The summed E-state index contributed by atoms with van der Waals surface area (Å²) in [4.78, 5) is 47.7. The smallest absolute Gasteiger partial charge is 0.306 e.